The predicted octanol–water partition coefficient (Wildman–Crippen LogP) is 3.52. The Balaban J connectivity index is 1.93. The maximum Gasteiger partial charge on any atom is 0.119 e. The molecule has 0 bridgehead atoms. The molecule has 0 radical (unpaired) electrons. The lowest BCUT2D eigenvalue weighted by Gasteiger charge is -2.16. The van der Waals surface area contributed by atoms with Gasteiger partial charge in [-0.3, -0.25) is 0 Å². The Bertz CT molecular complexity index is 569. The Morgan fingerprint density at radius 1 is 1.05 bits per heavy atom. The lowest BCUT2D eigenvalue weighted by molar-refractivity contribution is 0.298. The molecule has 2 rings (SSSR count). The fraction of sp³-hybridized carbons (Fsp3) is 0.333. The van der Waals surface area contributed by atoms with E-state index in [-0.39, 0.29) is 5.92 Å². The normalized spacial score (nSPS) is 12.0. The van der Waals surface area contributed by atoms with E-state index < -0.39 is 0 Å². The molecule has 0 saturated carbocycles. The van der Waals surface area contributed by atoms with Gasteiger partial charge >= 0.3 is 0 Å². The highest BCUT2D eigenvalue weighted by atomic mass is 16.5. The Kier molecular flexibility index (Phi) is 5.64. The van der Waals surface area contributed by atoms with E-state index in [1.54, 1.807) is 7.11 Å². The summed E-state index contributed by atoms with van der Waals surface area (Å²) in [6.45, 7) is 3.32. The van der Waals surface area contributed by atoms with Crippen LogP contribution in [0, 0.1) is 6.92 Å². The van der Waals surface area contributed by atoms with Gasteiger partial charge in [-0.05, 0) is 61.2 Å². The monoisotopic (exact) mass is 285 g/mol. The molecule has 2 N–H and O–H groups in total. The van der Waals surface area contributed by atoms with E-state index >= 15 is 0 Å². The summed E-state index contributed by atoms with van der Waals surface area (Å²) in [7, 11) is 1.68. The van der Waals surface area contributed by atoms with Crippen molar-refractivity contribution < 1.29 is 9.47 Å². The zero-order chi connectivity index (χ0) is 15.1. The molecule has 0 aliphatic heterocycles. The maximum absolute atomic E-state index is 5.90. The van der Waals surface area contributed by atoms with Crippen molar-refractivity contribution in [3.05, 3.63) is 59.7 Å². The minimum Gasteiger partial charge on any atom is -0.497 e. The number of aryl methyl sites for hydroxylation is 1. The third kappa shape index (κ3) is 4.50. The molecule has 1 atom stereocenters. The van der Waals surface area contributed by atoms with Crippen LogP contribution in [-0.2, 0) is 0 Å². The Labute approximate surface area is 126 Å². The lowest BCUT2D eigenvalue weighted by Crippen LogP contribution is -2.15. The molecule has 0 heterocycles. The van der Waals surface area contributed by atoms with Crippen LogP contribution in [0.5, 0.6) is 11.5 Å². The number of hydrogen-bond donors (Lipinski definition) is 1. The Morgan fingerprint density at radius 2 is 1.81 bits per heavy atom. The minimum atomic E-state index is 0.282. The van der Waals surface area contributed by atoms with E-state index in [2.05, 4.69) is 19.1 Å². The largest absolute Gasteiger partial charge is 0.497 e. The average Bonchev–Trinajstić information content (AvgIpc) is 2.52. The first kappa shape index (κ1) is 15.4. The van der Waals surface area contributed by atoms with E-state index in [0.717, 1.165) is 17.9 Å². The van der Waals surface area contributed by atoms with Crippen LogP contribution in [0.1, 0.15) is 23.5 Å². The summed E-state index contributed by atoms with van der Waals surface area (Å²) in [6, 6.07) is 16.2. The van der Waals surface area contributed by atoms with Crippen LogP contribution < -0.4 is 15.2 Å². The van der Waals surface area contributed by atoms with E-state index in [9.17, 15) is 0 Å². The molecule has 0 aliphatic rings. The van der Waals surface area contributed by atoms with Crippen LogP contribution in [0.15, 0.2) is 48.5 Å². The SMILES string of the molecule is COc1cccc(C(CN)CCOc2cccc(C)c2)c1. The zero-order valence-electron chi connectivity index (χ0n) is 12.7. The fourth-order valence-corrected chi connectivity index (χ4v) is 2.34. The molecule has 2 aromatic rings. The molecule has 0 aromatic heterocycles. The van der Waals surface area contributed by atoms with Gasteiger partial charge in [-0.1, -0.05) is 24.3 Å². The molecule has 0 fully saturated rings. The summed E-state index contributed by atoms with van der Waals surface area (Å²) in [6.07, 6.45) is 0.887. The zero-order valence-corrected chi connectivity index (χ0v) is 12.7. The molecule has 112 valence electrons. The van der Waals surface area contributed by atoms with Crippen LogP contribution >= 0.6 is 0 Å². The van der Waals surface area contributed by atoms with Gasteiger partial charge in [0.25, 0.3) is 0 Å². The lowest BCUT2D eigenvalue weighted by atomic mass is 9.96. The van der Waals surface area contributed by atoms with Crippen molar-refractivity contribution in [1.29, 1.82) is 0 Å². The smallest absolute Gasteiger partial charge is 0.119 e. The van der Waals surface area contributed by atoms with Crippen molar-refractivity contribution >= 4 is 0 Å². The van der Waals surface area contributed by atoms with Gasteiger partial charge in [0.1, 0.15) is 11.5 Å². The molecule has 0 amide bonds. The second-order valence-corrected chi connectivity index (χ2v) is 5.16. The fourth-order valence-electron chi connectivity index (χ4n) is 2.34. The molecule has 3 heteroatoms. The van der Waals surface area contributed by atoms with E-state index in [4.69, 9.17) is 15.2 Å². The maximum atomic E-state index is 5.90. The van der Waals surface area contributed by atoms with E-state index in [1.807, 2.05) is 36.4 Å². The van der Waals surface area contributed by atoms with Crippen LogP contribution in [0.3, 0.4) is 0 Å². The summed E-state index contributed by atoms with van der Waals surface area (Å²) in [5, 5.41) is 0. The highest BCUT2D eigenvalue weighted by Gasteiger charge is 2.11. The predicted molar refractivity (Wildman–Crippen MR) is 86.1 cm³/mol. The van der Waals surface area contributed by atoms with Crippen LogP contribution in [0.25, 0.3) is 0 Å². The third-order valence-corrected chi connectivity index (χ3v) is 3.57. The summed E-state index contributed by atoms with van der Waals surface area (Å²) in [5.41, 5.74) is 8.31. The highest BCUT2D eigenvalue weighted by Crippen LogP contribution is 2.23. The average molecular weight is 285 g/mol. The van der Waals surface area contributed by atoms with Gasteiger partial charge in [-0.25, -0.2) is 0 Å². The summed E-state index contributed by atoms with van der Waals surface area (Å²) in [4.78, 5) is 0. The van der Waals surface area contributed by atoms with Crippen molar-refractivity contribution in [2.45, 2.75) is 19.3 Å². The van der Waals surface area contributed by atoms with Gasteiger partial charge in [-0.15, -0.1) is 0 Å². The van der Waals surface area contributed by atoms with Crippen molar-refractivity contribution in [2.24, 2.45) is 5.73 Å². The van der Waals surface area contributed by atoms with Crippen LogP contribution in [-0.4, -0.2) is 20.3 Å². The number of methoxy groups -OCH3 is 1. The van der Waals surface area contributed by atoms with Gasteiger partial charge in [-0.2, -0.15) is 0 Å². The molecule has 1 unspecified atom stereocenters. The summed E-state index contributed by atoms with van der Waals surface area (Å²) < 4.78 is 11.1. The van der Waals surface area contributed by atoms with Crippen molar-refractivity contribution in [3.63, 3.8) is 0 Å². The first-order chi connectivity index (χ1) is 10.2. The van der Waals surface area contributed by atoms with Gasteiger partial charge < -0.3 is 15.2 Å². The molecule has 3 nitrogen and oxygen atoms in total. The molecule has 0 spiro atoms. The second kappa shape index (κ2) is 7.70. The van der Waals surface area contributed by atoms with Crippen molar-refractivity contribution in [3.8, 4) is 11.5 Å². The van der Waals surface area contributed by atoms with E-state index in [0.29, 0.717) is 13.2 Å². The van der Waals surface area contributed by atoms with Crippen molar-refractivity contribution in [1.82, 2.24) is 0 Å². The van der Waals surface area contributed by atoms with Gasteiger partial charge in [0.05, 0.1) is 13.7 Å². The molecule has 2 aromatic carbocycles. The number of ether oxygens (including phenoxy) is 2. The topological polar surface area (TPSA) is 44.5 Å². The standard InChI is InChI=1S/C18H23NO2/c1-14-5-3-8-18(11-14)21-10-9-16(13-19)15-6-4-7-17(12-15)20-2/h3-8,11-12,16H,9-10,13,19H2,1-2H3. The number of benzene rings is 2. The Morgan fingerprint density at radius 3 is 2.52 bits per heavy atom. The number of rotatable bonds is 7. The molecule has 21 heavy (non-hydrogen) atoms. The third-order valence-electron chi connectivity index (χ3n) is 3.57. The van der Waals surface area contributed by atoms with Crippen LogP contribution in [0.2, 0.25) is 0 Å². The molecular formula is C18H23NO2. The van der Waals surface area contributed by atoms with Crippen LogP contribution in [0.4, 0.5) is 0 Å². The van der Waals surface area contributed by atoms with Gasteiger partial charge in [0.2, 0.25) is 0 Å². The number of nitrogens with two attached hydrogens (primary N) is 1. The Hall–Kier alpha value is -2.00. The van der Waals surface area contributed by atoms with E-state index in [1.165, 1.54) is 11.1 Å². The highest BCUT2D eigenvalue weighted by molar-refractivity contribution is 5.31. The second-order valence-electron chi connectivity index (χ2n) is 5.16. The molecular weight excluding hydrogens is 262 g/mol. The number of hydrogen-bond acceptors (Lipinski definition) is 3. The summed E-state index contributed by atoms with van der Waals surface area (Å²) in [5.74, 6) is 2.06. The van der Waals surface area contributed by atoms with Gasteiger partial charge in [0, 0.05) is 0 Å². The first-order valence-corrected chi connectivity index (χ1v) is 7.26. The quantitative estimate of drug-likeness (QED) is 0.846. The minimum absolute atomic E-state index is 0.282. The molecule has 0 saturated heterocycles. The van der Waals surface area contributed by atoms with Gasteiger partial charge in [0.15, 0.2) is 0 Å². The van der Waals surface area contributed by atoms with Crippen molar-refractivity contribution in [2.75, 3.05) is 20.3 Å². The first-order valence-electron chi connectivity index (χ1n) is 7.26. The summed E-state index contributed by atoms with van der Waals surface area (Å²) >= 11 is 0. The molecule has 0 aliphatic carbocycles.